The zero-order chi connectivity index (χ0) is 22.2. The molecule has 7 heteroatoms. The highest BCUT2D eigenvalue weighted by atomic mass is 32.1. The number of benzene rings is 1. The van der Waals surface area contributed by atoms with Crippen LogP contribution in [0.15, 0.2) is 41.8 Å². The van der Waals surface area contributed by atoms with E-state index in [9.17, 15) is 9.59 Å². The Morgan fingerprint density at radius 3 is 2.71 bits per heavy atom. The van der Waals surface area contributed by atoms with Crippen molar-refractivity contribution in [3.8, 4) is 5.75 Å². The molecule has 1 aromatic carbocycles. The molecule has 1 atom stereocenters. The highest BCUT2D eigenvalue weighted by Crippen LogP contribution is 2.34. The molecule has 0 unspecified atom stereocenters. The van der Waals surface area contributed by atoms with E-state index in [0.717, 1.165) is 24.2 Å². The lowest BCUT2D eigenvalue weighted by molar-refractivity contribution is -0.144. The molecule has 31 heavy (non-hydrogen) atoms. The topological polar surface area (TPSA) is 59.1 Å². The minimum atomic E-state index is -0.160. The standard InChI is InChI=1S/C24H32N2O4S/c1-18(2)9-12-25(24(28)17-29-3)15-23(27)26-13-10-22-20(11-14-31-22)21(26)16-30-19-7-5-4-6-8-19/h4-8,11,14,18,21H,9-10,12-13,15-17H2,1-3H3/t21-/m0/s1. The first-order chi connectivity index (χ1) is 15.0. The third-order valence-corrected chi connectivity index (χ3v) is 6.49. The van der Waals surface area contributed by atoms with E-state index < -0.39 is 0 Å². The summed E-state index contributed by atoms with van der Waals surface area (Å²) in [7, 11) is 1.50. The van der Waals surface area contributed by atoms with Crippen molar-refractivity contribution in [3.05, 3.63) is 52.2 Å². The van der Waals surface area contributed by atoms with Crippen LogP contribution in [-0.2, 0) is 20.7 Å². The van der Waals surface area contributed by atoms with Gasteiger partial charge in [-0.15, -0.1) is 11.3 Å². The summed E-state index contributed by atoms with van der Waals surface area (Å²) in [6, 6.07) is 11.6. The number of rotatable bonds is 10. The van der Waals surface area contributed by atoms with Crippen molar-refractivity contribution in [2.75, 3.05) is 40.0 Å². The Hall–Kier alpha value is -2.38. The number of para-hydroxylation sites is 1. The van der Waals surface area contributed by atoms with Gasteiger partial charge in [0.2, 0.25) is 11.8 Å². The van der Waals surface area contributed by atoms with Crippen LogP contribution in [0.4, 0.5) is 0 Å². The maximum absolute atomic E-state index is 13.4. The van der Waals surface area contributed by atoms with Gasteiger partial charge in [-0.05, 0) is 47.9 Å². The van der Waals surface area contributed by atoms with E-state index in [2.05, 4.69) is 25.3 Å². The summed E-state index contributed by atoms with van der Waals surface area (Å²) in [6.07, 6.45) is 1.68. The van der Waals surface area contributed by atoms with Crippen molar-refractivity contribution in [1.29, 1.82) is 0 Å². The van der Waals surface area contributed by atoms with Crippen molar-refractivity contribution < 1.29 is 19.1 Å². The van der Waals surface area contributed by atoms with Gasteiger partial charge in [0.15, 0.2) is 0 Å². The summed E-state index contributed by atoms with van der Waals surface area (Å²) >= 11 is 1.73. The summed E-state index contributed by atoms with van der Waals surface area (Å²) < 4.78 is 11.1. The van der Waals surface area contributed by atoms with Crippen LogP contribution in [-0.4, -0.2) is 61.6 Å². The molecule has 0 spiro atoms. The molecule has 1 aliphatic rings. The fraction of sp³-hybridized carbons (Fsp3) is 0.500. The second-order valence-electron chi connectivity index (χ2n) is 8.21. The van der Waals surface area contributed by atoms with E-state index in [1.807, 2.05) is 35.2 Å². The van der Waals surface area contributed by atoms with E-state index in [0.29, 0.717) is 25.6 Å². The quantitative estimate of drug-likeness (QED) is 0.560. The molecule has 2 aromatic rings. The molecule has 1 aliphatic heterocycles. The third-order valence-electron chi connectivity index (χ3n) is 5.49. The zero-order valence-electron chi connectivity index (χ0n) is 18.6. The van der Waals surface area contributed by atoms with Gasteiger partial charge >= 0.3 is 0 Å². The van der Waals surface area contributed by atoms with Crippen LogP contribution in [0, 0.1) is 5.92 Å². The minimum absolute atomic E-state index is 0.0133. The molecular weight excluding hydrogens is 412 g/mol. The summed E-state index contributed by atoms with van der Waals surface area (Å²) in [4.78, 5) is 30.7. The van der Waals surface area contributed by atoms with Gasteiger partial charge in [-0.3, -0.25) is 9.59 Å². The Bertz CT molecular complexity index is 852. The number of fused-ring (bicyclic) bond motifs is 1. The number of carbonyl (C=O) groups excluding carboxylic acids is 2. The first-order valence-corrected chi connectivity index (χ1v) is 11.7. The number of carbonyl (C=O) groups is 2. The number of hydrogen-bond acceptors (Lipinski definition) is 5. The fourth-order valence-electron chi connectivity index (χ4n) is 3.74. The Morgan fingerprint density at radius 1 is 1.23 bits per heavy atom. The number of amides is 2. The number of ether oxygens (including phenoxy) is 2. The predicted molar refractivity (Wildman–Crippen MR) is 122 cm³/mol. The molecule has 2 amide bonds. The second-order valence-corrected chi connectivity index (χ2v) is 9.21. The van der Waals surface area contributed by atoms with Crippen LogP contribution in [0.3, 0.4) is 0 Å². The Balaban J connectivity index is 1.73. The maximum Gasteiger partial charge on any atom is 0.249 e. The van der Waals surface area contributed by atoms with Crippen LogP contribution >= 0.6 is 11.3 Å². The van der Waals surface area contributed by atoms with E-state index >= 15 is 0 Å². The molecule has 0 bridgehead atoms. The SMILES string of the molecule is COCC(=O)N(CCC(C)C)CC(=O)N1CCc2sccc2[C@@H]1COc1ccccc1. The van der Waals surface area contributed by atoms with Crippen LogP contribution < -0.4 is 4.74 Å². The molecule has 1 aromatic heterocycles. The van der Waals surface area contributed by atoms with Crippen LogP contribution in [0.1, 0.15) is 36.8 Å². The van der Waals surface area contributed by atoms with Gasteiger partial charge in [0.05, 0.1) is 12.6 Å². The molecule has 6 nitrogen and oxygen atoms in total. The molecule has 0 N–H and O–H groups in total. The van der Waals surface area contributed by atoms with Gasteiger partial charge in [0.25, 0.3) is 0 Å². The van der Waals surface area contributed by atoms with Gasteiger partial charge in [0.1, 0.15) is 19.0 Å². The molecule has 0 radical (unpaired) electrons. The van der Waals surface area contributed by atoms with Crippen molar-refractivity contribution in [1.82, 2.24) is 9.80 Å². The molecule has 0 fully saturated rings. The largest absolute Gasteiger partial charge is 0.491 e. The molecule has 3 rings (SSSR count). The van der Waals surface area contributed by atoms with Crippen LogP contribution in [0.2, 0.25) is 0 Å². The van der Waals surface area contributed by atoms with Gasteiger partial charge < -0.3 is 19.3 Å². The van der Waals surface area contributed by atoms with Crippen LogP contribution in [0.5, 0.6) is 5.75 Å². The number of nitrogens with zero attached hydrogens (tertiary/aromatic N) is 2. The average molecular weight is 445 g/mol. The Morgan fingerprint density at radius 2 is 2.00 bits per heavy atom. The zero-order valence-corrected chi connectivity index (χ0v) is 19.4. The van der Waals surface area contributed by atoms with E-state index in [1.165, 1.54) is 12.0 Å². The van der Waals surface area contributed by atoms with Crippen molar-refractivity contribution in [3.63, 3.8) is 0 Å². The van der Waals surface area contributed by atoms with Gasteiger partial charge in [0, 0.05) is 25.1 Å². The normalized spacial score (nSPS) is 15.6. The number of methoxy groups -OCH3 is 1. The molecular formula is C24H32N2O4S. The molecule has 0 aliphatic carbocycles. The lowest BCUT2D eigenvalue weighted by atomic mass is 10.0. The van der Waals surface area contributed by atoms with Gasteiger partial charge in [-0.1, -0.05) is 32.0 Å². The average Bonchev–Trinajstić information content (AvgIpc) is 3.24. The predicted octanol–water partition coefficient (Wildman–Crippen LogP) is 3.77. The lowest BCUT2D eigenvalue weighted by Crippen LogP contribution is -2.48. The van der Waals surface area contributed by atoms with E-state index in [1.54, 1.807) is 16.2 Å². The first-order valence-electron chi connectivity index (χ1n) is 10.8. The summed E-state index contributed by atoms with van der Waals surface area (Å²) in [5.74, 6) is 1.03. The third kappa shape index (κ3) is 6.31. The summed E-state index contributed by atoms with van der Waals surface area (Å²) in [5.41, 5.74) is 1.15. The van der Waals surface area contributed by atoms with Crippen molar-refractivity contribution in [2.45, 2.75) is 32.7 Å². The molecule has 2 heterocycles. The summed E-state index contributed by atoms with van der Waals surface area (Å²) in [6.45, 7) is 5.84. The maximum atomic E-state index is 13.4. The van der Waals surface area contributed by atoms with E-state index in [4.69, 9.17) is 9.47 Å². The van der Waals surface area contributed by atoms with Crippen molar-refractivity contribution >= 4 is 23.2 Å². The van der Waals surface area contributed by atoms with Crippen LogP contribution in [0.25, 0.3) is 0 Å². The number of hydrogen-bond donors (Lipinski definition) is 0. The molecule has 0 saturated carbocycles. The lowest BCUT2D eigenvalue weighted by Gasteiger charge is -2.37. The Labute approximate surface area is 188 Å². The smallest absolute Gasteiger partial charge is 0.249 e. The van der Waals surface area contributed by atoms with Gasteiger partial charge in [-0.2, -0.15) is 0 Å². The number of thiophene rings is 1. The highest BCUT2D eigenvalue weighted by Gasteiger charge is 2.33. The molecule has 168 valence electrons. The summed E-state index contributed by atoms with van der Waals surface area (Å²) in [5, 5.41) is 2.07. The molecule has 0 saturated heterocycles. The highest BCUT2D eigenvalue weighted by molar-refractivity contribution is 7.10. The minimum Gasteiger partial charge on any atom is -0.491 e. The van der Waals surface area contributed by atoms with Crippen molar-refractivity contribution in [2.24, 2.45) is 5.92 Å². The fourth-order valence-corrected chi connectivity index (χ4v) is 4.67. The monoisotopic (exact) mass is 444 g/mol. The van der Waals surface area contributed by atoms with E-state index in [-0.39, 0.29) is 31.0 Å². The van der Waals surface area contributed by atoms with Gasteiger partial charge in [-0.25, -0.2) is 0 Å². The Kier molecular flexibility index (Phi) is 8.49. The first kappa shape index (κ1) is 23.3. The second kappa shape index (κ2) is 11.3.